The van der Waals surface area contributed by atoms with Crippen LogP contribution in [-0.4, -0.2) is 13.1 Å². The highest BCUT2D eigenvalue weighted by Crippen LogP contribution is 2.35. The van der Waals surface area contributed by atoms with E-state index < -0.39 is 0 Å². The summed E-state index contributed by atoms with van der Waals surface area (Å²) in [6, 6.07) is 0.820. The van der Waals surface area contributed by atoms with Gasteiger partial charge in [0.05, 0.1) is 0 Å². The number of rotatable bonds is 7. The Morgan fingerprint density at radius 1 is 1.15 bits per heavy atom. The molecule has 1 saturated carbocycles. The van der Waals surface area contributed by atoms with E-state index in [-0.39, 0.29) is 0 Å². The highest BCUT2D eigenvalue weighted by Gasteiger charge is 2.29. The Bertz CT molecular complexity index is 125. The lowest BCUT2D eigenvalue weighted by molar-refractivity contribution is 0.376. The van der Waals surface area contributed by atoms with Gasteiger partial charge >= 0.3 is 0 Å². The number of nitrogens with one attached hydrogen (secondary N) is 1. The Labute approximate surface area is 83.3 Å². The maximum Gasteiger partial charge on any atom is 0.00924 e. The third-order valence-corrected chi connectivity index (χ3v) is 3.60. The highest BCUT2D eigenvalue weighted by molar-refractivity contribution is 4.85. The van der Waals surface area contributed by atoms with Crippen LogP contribution in [0, 0.1) is 11.8 Å². The SMILES string of the molecule is CCC(CC)CCC(NC)C1CC1. The van der Waals surface area contributed by atoms with Gasteiger partial charge in [-0.3, -0.25) is 0 Å². The number of hydrogen-bond acceptors (Lipinski definition) is 1. The van der Waals surface area contributed by atoms with Crippen LogP contribution >= 0.6 is 0 Å². The van der Waals surface area contributed by atoms with E-state index in [0.29, 0.717) is 0 Å². The molecular weight excluding hydrogens is 158 g/mol. The Kier molecular flexibility index (Phi) is 4.79. The maximum atomic E-state index is 3.47. The van der Waals surface area contributed by atoms with Crippen LogP contribution in [0.1, 0.15) is 52.4 Å². The van der Waals surface area contributed by atoms with E-state index in [2.05, 4.69) is 26.2 Å². The van der Waals surface area contributed by atoms with Crippen LogP contribution < -0.4 is 5.32 Å². The first-order chi connectivity index (χ1) is 6.31. The molecule has 1 nitrogen and oxygen atoms in total. The molecule has 1 unspecified atom stereocenters. The summed E-state index contributed by atoms with van der Waals surface area (Å²) in [5, 5.41) is 3.47. The van der Waals surface area contributed by atoms with Crippen LogP contribution in [0.15, 0.2) is 0 Å². The third-order valence-electron chi connectivity index (χ3n) is 3.60. The molecule has 13 heavy (non-hydrogen) atoms. The fourth-order valence-corrected chi connectivity index (χ4v) is 2.23. The number of hydrogen-bond donors (Lipinski definition) is 1. The van der Waals surface area contributed by atoms with Crippen LogP contribution in [0.25, 0.3) is 0 Å². The summed E-state index contributed by atoms with van der Waals surface area (Å²) in [5.41, 5.74) is 0. The van der Waals surface area contributed by atoms with Crippen LogP contribution in [0.2, 0.25) is 0 Å². The molecule has 0 aromatic heterocycles. The zero-order valence-corrected chi connectivity index (χ0v) is 9.47. The van der Waals surface area contributed by atoms with E-state index >= 15 is 0 Å². The summed E-state index contributed by atoms with van der Waals surface area (Å²) in [7, 11) is 2.12. The summed E-state index contributed by atoms with van der Waals surface area (Å²) in [4.78, 5) is 0. The maximum absolute atomic E-state index is 3.47. The highest BCUT2D eigenvalue weighted by atomic mass is 14.9. The van der Waals surface area contributed by atoms with Gasteiger partial charge in [-0.1, -0.05) is 26.7 Å². The predicted octanol–water partition coefficient (Wildman–Crippen LogP) is 3.20. The van der Waals surface area contributed by atoms with Gasteiger partial charge in [0.25, 0.3) is 0 Å². The van der Waals surface area contributed by atoms with E-state index in [1.54, 1.807) is 0 Å². The van der Waals surface area contributed by atoms with Gasteiger partial charge in [-0.2, -0.15) is 0 Å². The molecule has 0 aromatic carbocycles. The molecule has 0 spiro atoms. The minimum absolute atomic E-state index is 0.820. The van der Waals surface area contributed by atoms with Crippen LogP contribution in [-0.2, 0) is 0 Å². The molecule has 0 saturated heterocycles. The summed E-state index contributed by atoms with van der Waals surface area (Å²) >= 11 is 0. The normalized spacial score (nSPS) is 19.4. The lowest BCUT2D eigenvalue weighted by atomic mass is 9.94. The van der Waals surface area contributed by atoms with Gasteiger partial charge in [-0.25, -0.2) is 0 Å². The van der Waals surface area contributed by atoms with Crippen LogP contribution in [0.3, 0.4) is 0 Å². The Balaban J connectivity index is 2.14. The summed E-state index contributed by atoms with van der Waals surface area (Å²) < 4.78 is 0. The molecule has 0 amide bonds. The molecule has 0 radical (unpaired) electrons. The van der Waals surface area contributed by atoms with Crippen molar-refractivity contribution in [2.45, 2.75) is 58.4 Å². The second kappa shape index (κ2) is 5.64. The summed E-state index contributed by atoms with van der Waals surface area (Å²) in [6.07, 6.45) is 8.47. The van der Waals surface area contributed by atoms with Crippen molar-refractivity contribution in [3.05, 3.63) is 0 Å². The van der Waals surface area contributed by atoms with E-state index in [9.17, 15) is 0 Å². The summed E-state index contributed by atoms with van der Waals surface area (Å²) in [6.45, 7) is 4.64. The first-order valence-electron chi connectivity index (χ1n) is 5.99. The molecule has 0 aliphatic heterocycles. The molecule has 1 atom stereocenters. The zero-order chi connectivity index (χ0) is 9.68. The molecule has 1 heteroatoms. The molecule has 1 aliphatic carbocycles. The summed E-state index contributed by atoms with van der Waals surface area (Å²) in [5.74, 6) is 1.98. The molecule has 1 aliphatic rings. The average molecular weight is 183 g/mol. The molecule has 0 aromatic rings. The van der Waals surface area contributed by atoms with Gasteiger partial charge in [-0.05, 0) is 44.6 Å². The van der Waals surface area contributed by atoms with Gasteiger partial charge < -0.3 is 5.32 Å². The van der Waals surface area contributed by atoms with E-state index in [1.807, 2.05) is 0 Å². The average Bonchev–Trinajstić information content (AvgIpc) is 2.96. The molecular formula is C12H25N. The van der Waals surface area contributed by atoms with Crippen molar-refractivity contribution in [1.82, 2.24) is 5.32 Å². The molecule has 1 rings (SSSR count). The van der Waals surface area contributed by atoms with Crippen molar-refractivity contribution in [2.24, 2.45) is 11.8 Å². The zero-order valence-electron chi connectivity index (χ0n) is 9.47. The monoisotopic (exact) mass is 183 g/mol. The van der Waals surface area contributed by atoms with E-state index in [0.717, 1.165) is 17.9 Å². The van der Waals surface area contributed by atoms with Gasteiger partial charge in [0, 0.05) is 6.04 Å². The van der Waals surface area contributed by atoms with Crippen LogP contribution in [0.5, 0.6) is 0 Å². The Morgan fingerprint density at radius 3 is 2.15 bits per heavy atom. The van der Waals surface area contributed by atoms with Crippen LogP contribution in [0.4, 0.5) is 0 Å². The third kappa shape index (κ3) is 3.68. The van der Waals surface area contributed by atoms with Crippen molar-refractivity contribution in [3.63, 3.8) is 0 Å². The molecule has 0 heterocycles. The molecule has 1 fully saturated rings. The minimum atomic E-state index is 0.820. The van der Waals surface area contributed by atoms with Gasteiger partial charge in [0.15, 0.2) is 0 Å². The largest absolute Gasteiger partial charge is 0.317 e. The molecule has 0 bridgehead atoms. The van der Waals surface area contributed by atoms with Crippen molar-refractivity contribution in [3.8, 4) is 0 Å². The van der Waals surface area contributed by atoms with E-state index in [1.165, 1.54) is 38.5 Å². The second-order valence-corrected chi connectivity index (χ2v) is 4.49. The first kappa shape index (κ1) is 11.0. The first-order valence-corrected chi connectivity index (χ1v) is 5.99. The quantitative estimate of drug-likeness (QED) is 0.639. The molecule has 78 valence electrons. The lowest BCUT2D eigenvalue weighted by Gasteiger charge is -2.18. The minimum Gasteiger partial charge on any atom is -0.317 e. The Hall–Kier alpha value is -0.0400. The van der Waals surface area contributed by atoms with Gasteiger partial charge in [0.2, 0.25) is 0 Å². The van der Waals surface area contributed by atoms with Gasteiger partial charge in [0.1, 0.15) is 0 Å². The van der Waals surface area contributed by atoms with Crippen molar-refractivity contribution in [1.29, 1.82) is 0 Å². The smallest absolute Gasteiger partial charge is 0.00924 e. The predicted molar refractivity (Wildman–Crippen MR) is 58.9 cm³/mol. The Morgan fingerprint density at radius 2 is 1.77 bits per heavy atom. The van der Waals surface area contributed by atoms with Crippen molar-refractivity contribution < 1.29 is 0 Å². The van der Waals surface area contributed by atoms with Crippen molar-refractivity contribution in [2.75, 3.05) is 7.05 Å². The fraction of sp³-hybridized carbons (Fsp3) is 1.00. The lowest BCUT2D eigenvalue weighted by Crippen LogP contribution is -2.27. The topological polar surface area (TPSA) is 12.0 Å². The molecule has 1 N–H and O–H groups in total. The fourth-order valence-electron chi connectivity index (χ4n) is 2.23. The van der Waals surface area contributed by atoms with Crippen molar-refractivity contribution >= 4 is 0 Å². The standard InChI is InChI=1S/C12H25N/c1-4-10(5-2)6-9-12(13-3)11-7-8-11/h10-13H,4-9H2,1-3H3. The van der Waals surface area contributed by atoms with Gasteiger partial charge in [-0.15, -0.1) is 0 Å². The van der Waals surface area contributed by atoms with E-state index in [4.69, 9.17) is 0 Å². The second-order valence-electron chi connectivity index (χ2n) is 4.49.